The lowest BCUT2D eigenvalue weighted by molar-refractivity contribution is -0.117. The van der Waals surface area contributed by atoms with E-state index in [9.17, 15) is 9.59 Å². The molecular formula is C23H24N2O2Si. The van der Waals surface area contributed by atoms with Gasteiger partial charge < -0.3 is 10.3 Å². The average Bonchev–Trinajstić information content (AvgIpc) is 3.09. The Labute approximate surface area is 166 Å². The van der Waals surface area contributed by atoms with Gasteiger partial charge in [0, 0.05) is 35.3 Å². The van der Waals surface area contributed by atoms with Crippen molar-refractivity contribution in [3.05, 3.63) is 71.4 Å². The Morgan fingerprint density at radius 2 is 1.75 bits per heavy atom. The van der Waals surface area contributed by atoms with Crippen LogP contribution in [0.1, 0.15) is 21.5 Å². The summed E-state index contributed by atoms with van der Waals surface area (Å²) in [5.74, 6) is 5.29. The van der Waals surface area contributed by atoms with Gasteiger partial charge >= 0.3 is 0 Å². The first-order valence-electron chi connectivity index (χ1n) is 9.30. The summed E-state index contributed by atoms with van der Waals surface area (Å²) in [6.07, 6.45) is 1.58. The molecule has 0 aliphatic carbocycles. The van der Waals surface area contributed by atoms with E-state index in [0.29, 0.717) is 12.1 Å². The summed E-state index contributed by atoms with van der Waals surface area (Å²) in [6.45, 7) is 7.19. The number of aromatic nitrogens is 1. The number of amides is 1. The van der Waals surface area contributed by atoms with Gasteiger partial charge in [0.25, 0.3) is 11.7 Å². The van der Waals surface area contributed by atoms with Crippen LogP contribution < -0.4 is 5.32 Å². The number of aromatic amines is 1. The van der Waals surface area contributed by atoms with Crippen molar-refractivity contribution in [2.24, 2.45) is 0 Å². The van der Waals surface area contributed by atoms with E-state index < -0.39 is 19.8 Å². The molecule has 5 heteroatoms. The normalized spacial score (nSPS) is 11.0. The van der Waals surface area contributed by atoms with Gasteiger partial charge in [-0.3, -0.25) is 9.59 Å². The Balaban J connectivity index is 1.59. The van der Waals surface area contributed by atoms with Gasteiger partial charge in [0.05, 0.1) is 13.6 Å². The summed E-state index contributed by atoms with van der Waals surface area (Å²) >= 11 is 0. The lowest BCUT2D eigenvalue weighted by atomic mass is 10.1. The van der Waals surface area contributed by atoms with Crippen LogP contribution in [-0.2, 0) is 11.3 Å². The van der Waals surface area contributed by atoms with Crippen molar-refractivity contribution in [2.75, 3.05) is 0 Å². The number of rotatable bonds is 5. The van der Waals surface area contributed by atoms with Gasteiger partial charge in [0.1, 0.15) is 0 Å². The second kappa shape index (κ2) is 8.28. The van der Waals surface area contributed by atoms with Crippen molar-refractivity contribution >= 4 is 30.7 Å². The van der Waals surface area contributed by atoms with Crippen LogP contribution in [0, 0.1) is 11.8 Å². The fourth-order valence-electron chi connectivity index (χ4n) is 2.76. The number of fused-ring (bicyclic) bond motifs is 1. The highest BCUT2D eigenvalue weighted by Gasteiger charge is 2.19. The van der Waals surface area contributed by atoms with Gasteiger partial charge in [-0.05, 0) is 23.8 Å². The molecule has 0 spiro atoms. The highest BCUT2D eigenvalue weighted by molar-refractivity contribution is 6.76. The zero-order valence-electron chi connectivity index (χ0n) is 16.4. The number of hydrogen-bond donors (Lipinski definition) is 2. The Bertz CT molecular complexity index is 1060. The van der Waals surface area contributed by atoms with E-state index in [2.05, 4.69) is 41.8 Å². The Morgan fingerprint density at radius 3 is 2.46 bits per heavy atom. The summed E-state index contributed by atoms with van der Waals surface area (Å²) in [7, 11) is -1.15. The molecule has 2 N–H and O–H groups in total. The van der Waals surface area contributed by atoms with Crippen molar-refractivity contribution in [1.82, 2.24) is 10.3 Å². The van der Waals surface area contributed by atoms with Crippen molar-refractivity contribution in [1.29, 1.82) is 0 Å². The minimum atomic E-state index is -1.15. The van der Waals surface area contributed by atoms with Gasteiger partial charge in [-0.15, -0.1) is 5.92 Å². The molecule has 0 aliphatic heterocycles. The summed E-state index contributed by atoms with van der Waals surface area (Å²) in [5.41, 5.74) is 3.12. The molecule has 0 bridgehead atoms. The van der Waals surface area contributed by atoms with E-state index in [0.717, 1.165) is 28.1 Å². The average molecular weight is 389 g/mol. The lowest BCUT2D eigenvalue weighted by Crippen LogP contribution is -2.30. The highest BCUT2D eigenvalue weighted by atomic mass is 28.3. The zero-order chi connectivity index (χ0) is 20.1. The van der Waals surface area contributed by atoms with Crippen LogP contribution in [0.3, 0.4) is 0 Å². The molecule has 28 heavy (non-hydrogen) atoms. The largest absolute Gasteiger partial charge is 0.360 e. The third-order valence-electron chi connectivity index (χ3n) is 4.30. The number of carbonyl (C=O) groups is 2. The topological polar surface area (TPSA) is 62.0 Å². The molecule has 0 saturated carbocycles. The standard InChI is InChI=1S/C23H24N2O2Si/c1-28(2,3)14-6-7-17-10-12-18(13-11-17)15-25-23(27)22(26)20-16-24-21-9-5-4-8-19(20)21/h4-5,8-13,16,24H,14-15H2,1-3H3,(H,25,27). The summed E-state index contributed by atoms with van der Waals surface area (Å²) in [4.78, 5) is 27.7. The molecule has 142 valence electrons. The van der Waals surface area contributed by atoms with Crippen LogP contribution in [0.25, 0.3) is 10.9 Å². The van der Waals surface area contributed by atoms with Crippen molar-refractivity contribution < 1.29 is 9.59 Å². The van der Waals surface area contributed by atoms with Crippen molar-refractivity contribution in [3.63, 3.8) is 0 Å². The van der Waals surface area contributed by atoms with Crippen LogP contribution in [0.5, 0.6) is 0 Å². The number of para-hydroxylation sites is 1. The van der Waals surface area contributed by atoms with Crippen LogP contribution >= 0.6 is 0 Å². The first kappa shape index (κ1) is 19.7. The van der Waals surface area contributed by atoms with Gasteiger partial charge in [0.15, 0.2) is 0 Å². The fourth-order valence-corrected chi connectivity index (χ4v) is 3.38. The van der Waals surface area contributed by atoms with Gasteiger partial charge in [-0.2, -0.15) is 0 Å². The molecule has 0 radical (unpaired) electrons. The smallest absolute Gasteiger partial charge is 0.292 e. The monoisotopic (exact) mass is 388 g/mol. The number of Topliss-reactive ketones (excluding diaryl/α,β-unsaturated/α-hetero) is 1. The predicted octanol–water partition coefficient (Wildman–Crippen LogP) is 4.36. The Hall–Kier alpha value is -3.10. The first-order valence-corrected chi connectivity index (χ1v) is 13.0. The van der Waals surface area contributed by atoms with E-state index in [1.165, 1.54) is 0 Å². The number of H-pyrrole nitrogens is 1. The molecule has 1 heterocycles. The second-order valence-electron chi connectivity index (χ2n) is 8.00. The highest BCUT2D eigenvalue weighted by Crippen LogP contribution is 2.18. The first-order chi connectivity index (χ1) is 13.3. The molecule has 3 rings (SSSR count). The molecule has 0 unspecified atom stereocenters. The number of carbonyl (C=O) groups excluding carboxylic acids is 2. The lowest BCUT2D eigenvalue weighted by Gasteiger charge is -2.09. The van der Waals surface area contributed by atoms with Gasteiger partial charge in [-0.25, -0.2) is 0 Å². The molecule has 0 saturated heterocycles. The number of hydrogen-bond acceptors (Lipinski definition) is 2. The minimum absolute atomic E-state index is 0.301. The minimum Gasteiger partial charge on any atom is -0.360 e. The number of ketones is 1. The SMILES string of the molecule is C[Si](C)(C)CC#Cc1ccc(CNC(=O)C(=O)c2c[nH]c3ccccc23)cc1. The van der Waals surface area contributed by atoms with Crippen LogP contribution in [0.4, 0.5) is 0 Å². The van der Waals surface area contributed by atoms with E-state index in [1.807, 2.05) is 48.5 Å². The summed E-state index contributed by atoms with van der Waals surface area (Å²) in [5, 5.41) is 3.45. The maximum Gasteiger partial charge on any atom is 0.292 e. The maximum absolute atomic E-state index is 12.4. The van der Waals surface area contributed by atoms with Crippen LogP contribution in [-0.4, -0.2) is 24.7 Å². The van der Waals surface area contributed by atoms with Crippen molar-refractivity contribution in [3.8, 4) is 11.8 Å². The fraction of sp³-hybridized carbons (Fsp3) is 0.217. The molecule has 4 nitrogen and oxygen atoms in total. The van der Waals surface area contributed by atoms with Gasteiger partial charge in [-0.1, -0.05) is 55.9 Å². The predicted molar refractivity (Wildman–Crippen MR) is 116 cm³/mol. The third-order valence-corrected chi connectivity index (χ3v) is 5.54. The number of benzene rings is 2. The van der Waals surface area contributed by atoms with Gasteiger partial charge in [0.2, 0.25) is 0 Å². The molecule has 2 aromatic carbocycles. The van der Waals surface area contributed by atoms with E-state index in [-0.39, 0.29) is 0 Å². The van der Waals surface area contributed by atoms with Crippen molar-refractivity contribution in [2.45, 2.75) is 32.2 Å². The molecule has 1 amide bonds. The van der Waals surface area contributed by atoms with E-state index in [4.69, 9.17) is 0 Å². The zero-order valence-corrected chi connectivity index (χ0v) is 17.4. The third kappa shape index (κ3) is 4.99. The van der Waals surface area contributed by atoms with Crippen LogP contribution in [0.2, 0.25) is 25.7 Å². The molecular weight excluding hydrogens is 364 g/mol. The quantitative estimate of drug-likeness (QED) is 0.295. The molecule has 3 aromatic rings. The van der Waals surface area contributed by atoms with Crippen LogP contribution in [0.15, 0.2) is 54.7 Å². The molecule has 0 fully saturated rings. The van der Waals surface area contributed by atoms with E-state index in [1.54, 1.807) is 6.20 Å². The summed E-state index contributed by atoms with van der Waals surface area (Å²) in [6, 6.07) is 16.1. The molecule has 1 aromatic heterocycles. The van der Waals surface area contributed by atoms with E-state index >= 15 is 0 Å². The second-order valence-corrected chi connectivity index (χ2v) is 13.5. The maximum atomic E-state index is 12.4. The Kier molecular flexibility index (Phi) is 5.81. The number of nitrogens with one attached hydrogen (secondary N) is 2. The molecule has 0 aliphatic rings. The Morgan fingerprint density at radius 1 is 1.04 bits per heavy atom. The molecule has 0 atom stereocenters. The summed E-state index contributed by atoms with van der Waals surface area (Å²) < 4.78 is 0.